The van der Waals surface area contributed by atoms with Crippen molar-refractivity contribution in [1.82, 2.24) is 0 Å². The van der Waals surface area contributed by atoms with Crippen LogP contribution >= 0.6 is 17.0 Å². The van der Waals surface area contributed by atoms with Gasteiger partial charge in [0.05, 0.1) is 7.11 Å². The van der Waals surface area contributed by atoms with Crippen LogP contribution in [0, 0.1) is 13.8 Å². The number of rotatable bonds is 2. The van der Waals surface area contributed by atoms with Crippen molar-refractivity contribution in [3.05, 3.63) is 57.7 Å². The van der Waals surface area contributed by atoms with Gasteiger partial charge in [-0.05, 0) is 49.3 Å². The quantitative estimate of drug-likeness (QED) is 0.428. The van der Waals surface area contributed by atoms with Crippen molar-refractivity contribution in [2.24, 2.45) is 0 Å². The first-order valence-corrected chi connectivity index (χ1v) is 15.4. The molecule has 0 bridgehead atoms. The molecule has 3 rings (SSSR count). The summed E-state index contributed by atoms with van der Waals surface area (Å²) in [6.45, 7) is 13.3. The predicted molar refractivity (Wildman–Crippen MR) is 116 cm³/mol. The van der Waals surface area contributed by atoms with E-state index in [0.717, 1.165) is 12.2 Å². The van der Waals surface area contributed by atoms with Crippen LogP contribution in [0.4, 0.5) is 0 Å². The van der Waals surface area contributed by atoms with E-state index in [0.29, 0.717) is 0 Å². The van der Waals surface area contributed by atoms with Gasteiger partial charge in [-0.2, -0.15) is 0 Å². The monoisotopic (exact) mass is 480 g/mol. The van der Waals surface area contributed by atoms with Gasteiger partial charge in [0.25, 0.3) is 0 Å². The van der Waals surface area contributed by atoms with Gasteiger partial charge in [-0.15, -0.1) is 0 Å². The van der Waals surface area contributed by atoms with Crippen molar-refractivity contribution in [3.63, 3.8) is 0 Å². The number of aryl methyl sites for hydroxylation is 2. The zero-order valence-electron chi connectivity index (χ0n) is 17.3. The van der Waals surface area contributed by atoms with Crippen molar-refractivity contribution >= 4 is 23.1 Å². The molecule has 0 N–H and O–H groups in total. The molecule has 1 aliphatic carbocycles. The number of ether oxygens (including phenoxy) is 1. The first-order valence-electron chi connectivity index (χ1n) is 9.08. The summed E-state index contributed by atoms with van der Waals surface area (Å²) < 4.78 is 5.97. The van der Waals surface area contributed by atoms with Crippen LogP contribution in [0.1, 0.15) is 55.5 Å². The molecule has 1 aliphatic rings. The van der Waals surface area contributed by atoms with E-state index in [-0.39, 0.29) is 5.41 Å². The Bertz CT molecular complexity index is 843. The maximum atomic E-state index is 5.97. The molecule has 4 heteroatoms. The molecule has 0 fully saturated rings. The summed E-state index contributed by atoms with van der Waals surface area (Å²) >= 11 is -0.826. The molecular formula is C23H28Cl2OZr. The number of hydrogen-bond donors (Lipinski definition) is 0. The molecule has 0 heterocycles. The molecular weight excluding hydrogens is 454 g/mol. The molecule has 27 heavy (non-hydrogen) atoms. The Labute approximate surface area is 182 Å². The Hall–Kier alpha value is -0.557. The Morgan fingerprint density at radius 2 is 1.52 bits per heavy atom. The Kier molecular flexibility index (Phi) is 7.82. The maximum absolute atomic E-state index is 5.97. The molecule has 0 amide bonds. The van der Waals surface area contributed by atoms with Gasteiger partial charge < -0.3 is 4.74 Å². The molecule has 0 radical (unpaired) electrons. The van der Waals surface area contributed by atoms with Gasteiger partial charge in [0.15, 0.2) is 0 Å². The van der Waals surface area contributed by atoms with Crippen LogP contribution in [0.15, 0.2) is 29.8 Å². The number of fused-ring (bicyclic) bond motifs is 1. The zero-order chi connectivity index (χ0) is 20.4. The third-order valence-corrected chi connectivity index (χ3v) is 4.79. The third-order valence-electron chi connectivity index (χ3n) is 4.79. The van der Waals surface area contributed by atoms with E-state index in [2.05, 4.69) is 71.9 Å². The van der Waals surface area contributed by atoms with E-state index in [1.807, 2.05) is 0 Å². The van der Waals surface area contributed by atoms with Gasteiger partial charge in [-0.3, -0.25) is 0 Å². The van der Waals surface area contributed by atoms with Crippen LogP contribution in [0.2, 0.25) is 0 Å². The normalized spacial score (nSPS) is 12.7. The molecule has 2 aromatic carbocycles. The summed E-state index contributed by atoms with van der Waals surface area (Å²) in [5.74, 6) is 1.03. The Balaban J connectivity index is 0.000000817. The van der Waals surface area contributed by atoms with Gasteiger partial charge in [0.1, 0.15) is 5.75 Å². The van der Waals surface area contributed by atoms with Crippen LogP contribution in [0.5, 0.6) is 5.75 Å². The fourth-order valence-electron chi connectivity index (χ4n) is 3.82. The fraction of sp³-hybridized carbons (Fsp3) is 0.391. The average molecular weight is 483 g/mol. The average Bonchev–Trinajstić information content (AvgIpc) is 2.91. The van der Waals surface area contributed by atoms with Gasteiger partial charge in [0.2, 0.25) is 0 Å². The van der Waals surface area contributed by atoms with E-state index >= 15 is 0 Å². The topological polar surface area (TPSA) is 9.23 Å². The number of hydrogen-bond acceptors (Lipinski definition) is 1. The molecule has 0 saturated heterocycles. The van der Waals surface area contributed by atoms with Crippen LogP contribution in [0.3, 0.4) is 0 Å². The molecule has 2 aromatic rings. The number of benzene rings is 2. The number of methoxy groups -OCH3 is 1. The standard InChI is InChI=1S/C23H28O.2ClH.Zr/c1-14-8-15(2)11-18(10-14)21-19-12-16(3)9-17(19)13-20(22(21)24-7)23(4,5)6;;;/h8,10-13H,9H2,1-7H3;2*1H;/q;;;+2/p-2. The molecule has 0 spiro atoms. The summed E-state index contributed by atoms with van der Waals surface area (Å²) in [4.78, 5) is 0. The van der Waals surface area contributed by atoms with E-state index in [9.17, 15) is 0 Å². The molecule has 0 aliphatic heterocycles. The number of halogens is 2. The summed E-state index contributed by atoms with van der Waals surface area (Å²) in [5.41, 5.74) is 10.6. The Morgan fingerprint density at radius 3 is 2.00 bits per heavy atom. The zero-order valence-corrected chi connectivity index (χ0v) is 21.2. The fourth-order valence-corrected chi connectivity index (χ4v) is 3.82. The SMILES string of the molecule is COc1c(C(C)(C)C)cc2c(c1-c1cc(C)cc(C)c1)C=C(C)C2.[Cl][Zr][Cl]. The molecule has 144 valence electrons. The van der Waals surface area contributed by atoms with E-state index in [1.165, 1.54) is 44.5 Å². The second-order valence-corrected chi connectivity index (χ2v) is 12.0. The third kappa shape index (κ3) is 5.28. The van der Waals surface area contributed by atoms with Gasteiger partial charge in [0, 0.05) is 11.1 Å². The molecule has 0 atom stereocenters. The second-order valence-electron chi connectivity index (χ2n) is 8.27. The number of allylic oxidation sites excluding steroid dienone is 1. The summed E-state index contributed by atoms with van der Waals surface area (Å²) in [6.07, 6.45) is 3.37. The van der Waals surface area contributed by atoms with Crippen molar-refractivity contribution in [3.8, 4) is 16.9 Å². The summed E-state index contributed by atoms with van der Waals surface area (Å²) in [5, 5.41) is 0. The second kappa shape index (κ2) is 9.29. The molecule has 1 nitrogen and oxygen atoms in total. The van der Waals surface area contributed by atoms with Crippen molar-refractivity contribution in [2.75, 3.05) is 7.11 Å². The van der Waals surface area contributed by atoms with E-state index in [4.69, 9.17) is 21.8 Å². The summed E-state index contributed by atoms with van der Waals surface area (Å²) in [6, 6.07) is 9.14. The van der Waals surface area contributed by atoms with Gasteiger partial charge >= 0.3 is 37.9 Å². The Morgan fingerprint density at radius 1 is 0.963 bits per heavy atom. The van der Waals surface area contributed by atoms with E-state index < -0.39 is 20.8 Å². The van der Waals surface area contributed by atoms with Crippen LogP contribution in [0.25, 0.3) is 17.2 Å². The van der Waals surface area contributed by atoms with Gasteiger partial charge in [-0.25, -0.2) is 0 Å². The van der Waals surface area contributed by atoms with Crippen LogP contribution < -0.4 is 4.74 Å². The van der Waals surface area contributed by atoms with Crippen molar-refractivity contribution in [2.45, 2.75) is 53.4 Å². The van der Waals surface area contributed by atoms with Crippen molar-refractivity contribution < 1.29 is 25.6 Å². The van der Waals surface area contributed by atoms with Gasteiger partial charge in [-0.1, -0.05) is 67.8 Å². The van der Waals surface area contributed by atoms with Crippen LogP contribution in [-0.4, -0.2) is 7.11 Å². The van der Waals surface area contributed by atoms with Crippen molar-refractivity contribution in [1.29, 1.82) is 0 Å². The van der Waals surface area contributed by atoms with Crippen LogP contribution in [-0.2, 0) is 32.7 Å². The van der Waals surface area contributed by atoms with E-state index in [1.54, 1.807) is 7.11 Å². The summed E-state index contributed by atoms with van der Waals surface area (Å²) in [7, 11) is 11.7. The molecule has 0 saturated carbocycles. The first-order chi connectivity index (χ1) is 12.6. The molecule has 0 unspecified atom stereocenters. The minimum atomic E-state index is -0.826. The minimum absolute atomic E-state index is 0.0461. The predicted octanol–water partition coefficient (Wildman–Crippen LogP) is 7.61. The first kappa shape index (κ1) is 22.7. The molecule has 0 aromatic heterocycles.